The molecule has 5 nitrogen and oxygen atoms in total. The minimum Gasteiger partial charge on any atom is -0.480 e. The fourth-order valence-electron chi connectivity index (χ4n) is 3.76. The van der Waals surface area contributed by atoms with Crippen LogP contribution in [0.15, 0.2) is 48.5 Å². The largest absolute Gasteiger partial charge is 0.480 e. The van der Waals surface area contributed by atoms with Crippen molar-refractivity contribution in [2.75, 3.05) is 6.61 Å². The summed E-state index contributed by atoms with van der Waals surface area (Å²) in [6, 6.07) is 15.4. The number of amides is 1. The highest BCUT2D eigenvalue weighted by Crippen LogP contribution is 2.44. The van der Waals surface area contributed by atoms with E-state index >= 15 is 0 Å². The standard InChI is InChI=1S/C21H21NO4/c1-13(20(23)24)22(14-10-11-14)21(25)26-12-19-17-8-4-2-6-15(17)16-7-3-5-9-18(16)19/h2-9,13-14,19H,10-12H2,1H3,(H,23,24)/t13-/m0/s1. The molecule has 1 fully saturated rings. The van der Waals surface area contributed by atoms with Gasteiger partial charge in [0.2, 0.25) is 0 Å². The van der Waals surface area contributed by atoms with Crippen molar-refractivity contribution in [2.45, 2.75) is 37.8 Å². The first-order valence-corrected chi connectivity index (χ1v) is 8.94. The van der Waals surface area contributed by atoms with Crippen molar-refractivity contribution in [3.8, 4) is 11.1 Å². The molecule has 1 N–H and O–H groups in total. The number of rotatable bonds is 5. The summed E-state index contributed by atoms with van der Waals surface area (Å²) in [6.07, 6.45) is 1.13. The van der Waals surface area contributed by atoms with E-state index in [1.165, 1.54) is 23.0 Å². The van der Waals surface area contributed by atoms with E-state index in [1.54, 1.807) is 0 Å². The highest BCUT2D eigenvalue weighted by molar-refractivity contribution is 5.81. The molecule has 26 heavy (non-hydrogen) atoms. The quantitative estimate of drug-likeness (QED) is 0.888. The predicted octanol–water partition coefficient (Wildman–Crippen LogP) is 3.87. The Morgan fingerprint density at radius 1 is 1.08 bits per heavy atom. The molecule has 0 heterocycles. The van der Waals surface area contributed by atoms with E-state index in [0.29, 0.717) is 0 Å². The van der Waals surface area contributed by atoms with Crippen LogP contribution >= 0.6 is 0 Å². The topological polar surface area (TPSA) is 66.8 Å². The van der Waals surface area contributed by atoms with Crippen LogP contribution in [0.1, 0.15) is 36.8 Å². The maximum atomic E-state index is 12.6. The Hall–Kier alpha value is -2.82. The van der Waals surface area contributed by atoms with E-state index in [0.717, 1.165) is 24.0 Å². The van der Waals surface area contributed by atoms with Crippen LogP contribution in [0.2, 0.25) is 0 Å². The molecule has 1 amide bonds. The predicted molar refractivity (Wildman–Crippen MR) is 97.0 cm³/mol. The molecule has 0 bridgehead atoms. The van der Waals surface area contributed by atoms with Gasteiger partial charge in [-0.05, 0) is 42.0 Å². The maximum absolute atomic E-state index is 12.6. The van der Waals surface area contributed by atoms with Crippen molar-refractivity contribution in [2.24, 2.45) is 0 Å². The fraction of sp³-hybridized carbons (Fsp3) is 0.333. The minimum atomic E-state index is -1.01. The lowest BCUT2D eigenvalue weighted by Crippen LogP contribution is -2.45. The summed E-state index contributed by atoms with van der Waals surface area (Å²) in [5.74, 6) is -1.03. The molecule has 2 aromatic rings. The van der Waals surface area contributed by atoms with Gasteiger partial charge >= 0.3 is 12.1 Å². The highest BCUT2D eigenvalue weighted by atomic mass is 16.6. The molecule has 0 aliphatic heterocycles. The Bertz CT molecular complexity index is 813. The molecule has 2 aliphatic carbocycles. The molecule has 2 aliphatic rings. The Kier molecular flexibility index (Phi) is 4.15. The summed E-state index contributed by atoms with van der Waals surface area (Å²) in [7, 11) is 0. The minimum absolute atomic E-state index is 0.0169. The molecule has 1 saturated carbocycles. The number of carboxylic acid groups (broad SMARTS) is 1. The zero-order valence-electron chi connectivity index (χ0n) is 14.6. The summed E-state index contributed by atoms with van der Waals surface area (Å²) in [6.45, 7) is 1.74. The van der Waals surface area contributed by atoms with Crippen LogP contribution < -0.4 is 0 Å². The van der Waals surface area contributed by atoms with E-state index in [2.05, 4.69) is 24.3 Å². The number of fused-ring (bicyclic) bond motifs is 3. The van der Waals surface area contributed by atoms with E-state index in [1.807, 2.05) is 24.3 Å². The normalized spacial score (nSPS) is 16.5. The molecule has 1 atom stereocenters. The summed E-state index contributed by atoms with van der Waals surface area (Å²) in [5.41, 5.74) is 4.63. The van der Waals surface area contributed by atoms with E-state index in [9.17, 15) is 14.7 Å². The van der Waals surface area contributed by atoms with Crippen molar-refractivity contribution >= 4 is 12.1 Å². The zero-order chi connectivity index (χ0) is 18.3. The first-order valence-electron chi connectivity index (χ1n) is 8.94. The molecule has 0 spiro atoms. The number of hydrogen-bond donors (Lipinski definition) is 1. The SMILES string of the molecule is C[C@@H](C(=O)O)N(C(=O)OCC1c2ccccc2-c2ccccc21)C1CC1. The Morgan fingerprint density at radius 3 is 2.12 bits per heavy atom. The van der Waals surface area contributed by atoms with Crippen LogP contribution in [-0.2, 0) is 9.53 Å². The van der Waals surface area contributed by atoms with Crippen LogP contribution in [0.5, 0.6) is 0 Å². The monoisotopic (exact) mass is 351 g/mol. The van der Waals surface area contributed by atoms with Crippen molar-refractivity contribution in [3.05, 3.63) is 59.7 Å². The molecular formula is C21H21NO4. The lowest BCUT2D eigenvalue weighted by molar-refractivity contribution is -0.142. The number of carbonyl (C=O) groups excluding carboxylic acids is 1. The van der Waals surface area contributed by atoms with Crippen LogP contribution in [0.4, 0.5) is 4.79 Å². The third kappa shape index (κ3) is 2.83. The molecule has 5 heteroatoms. The Morgan fingerprint density at radius 2 is 1.62 bits per heavy atom. The second kappa shape index (κ2) is 6.48. The Balaban J connectivity index is 1.54. The first-order chi connectivity index (χ1) is 12.6. The Labute approximate surface area is 152 Å². The number of aliphatic carboxylic acids is 1. The van der Waals surface area contributed by atoms with Gasteiger partial charge in [0, 0.05) is 12.0 Å². The van der Waals surface area contributed by atoms with Crippen LogP contribution in [0.25, 0.3) is 11.1 Å². The van der Waals surface area contributed by atoms with Gasteiger partial charge in [-0.25, -0.2) is 9.59 Å². The molecule has 0 saturated heterocycles. The van der Waals surface area contributed by atoms with Gasteiger partial charge in [0.25, 0.3) is 0 Å². The number of hydrogen-bond acceptors (Lipinski definition) is 3. The molecule has 0 unspecified atom stereocenters. The van der Waals surface area contributed by atoms with Gasteiger partial charge < -0.3 is 9.84 Å². The number of benzene rings is 2. The molecule has 0 aromatic heterocycles. The van der Waals surface area contributed by atoms with Gasteiger partial charge in [-0.15, -0.1) is 0 Å². The van der Waals surface area contributed by atoms with Crippen molar-refractivity contribution in [1.29, 1.82) is 0 Å². The van der Waals surface area contributed by atoms with Gasteiger partial charge in [-0.2, -0.15) is 0 Å². The number of carbonyl (C=O) groups is 2. The van der Waals surface area contributed by atoms with Crippen LogP contribution in [0.3, 0.4) is 0 Å². The van der Waals surface area contributed by atoms with Gasteiger partial charge in [-0.1, -0.05) is 48.5 Å². The maximum Gasteiger partial charge on any atom is 0.410 e. The number of carboxylic acids is 1. The van der Waals surface area contributed by atoms with Gasteiger partial charge in [0.1, 0.15) is 12.6 Å². The van der Waals surface area contributed by atoms with Crippen molar-refractivity contribution in [1.82, 2.24) is 4.90 Å². The van der Waals surface area contributed by atoms with Gasteiger partial charge in [0.05, 0.1) is 0 Å². The first kappa shape index (κ1) is 16.6. The van der Waals surface area contributed by atoms with Crippen LogP contribution in [0, 0.1) is 0 Å². The summed E-state index contributed by atoms with van der Waals surface area (Å²) in [4.78, 5) is 25.3. The average molecular weight is 351 g/mol. The molecular weight excluding hydrogens is 330 g/mol. The summed E-state index contributed by atoms with van der Waals surface area (Å²) >= 11 is 0. The summed E-state index contributed by atoms with van der Waals surface area (Å²) < 4.78 is 5.60. The third-order valence-electron chi connectivity index (χ3n) is 5.26. The van der Waals surface area contributed by atoms with E-state index < -0.39 is 18.1 Å². The molecule has 2 aromatic carbocycles. The average Bonchev–Trinajstić information content (AvgIpc) is 3.42. The van der Waals surface area contributed by atoms with Gasteiger partial charge in [0.15, 0.2) is 0 Å². The van der Waals surface area contributed by atoms with Crippen LogP contribution in [-0.4, -0.2) is 40.8 Å². The third-order valence-corrected chi connectivity index (χ3v) is 5.26. The number of nitrogens with zero attached hydrogens (tertiary/aromatic N) is 1. The lowest BCUT2D eigenvalue weighted by atomic mass is 9.98. The van der Waals surface area contributed by atoms with Gasteiger partial charge in [-0.3, -0.25) is 4.90 Å². The van der Waals surface area contributed by atoms with E-state index in [-0.39, 0.29) is 18.6 Å². The van der Waals surface area contributed by atoms with Crippen molar-refractivity contribution < 1.29 is 19.4 Å². The summed E-state index contributed by atoms with van der Waals surface area (Å²) in [5, 5.41) is 9.27. The second-order valence-electron chi connectivity index (χ2n) is 6.96. The second-order valence-corrected chi connectivity index (χ2v) is 6.96. The lowest BCUT2D eigenvalue weighted by Gasteiger charge is -2.26. The highest BCUT2D eigenvalue weighted by Gasteiger charge is 2.40. The molecule has 4 rings (SSSR count). The fourth-order valence-corrected chi connectivity index (χ4v) is 3.76. The number of ether oxygens (including phenoxy) is 1. The molecule has 134 valence electrons. The smallest absolute Gasteiger partial charge is 0.410 e. The zero-order valence-corrected chi connectivity index (χ0v) is 14.6. The van der Waals surface area contributed by atoms with E-state index in [4.69, 9.17) is 4.74 Å². The van der Waals surface area contributed by atoms with Crippen molar-refractivity contribution in [3.63, 3.8) is 0 Å². The molecule has 0 radical (unpaired) electrons.